The predicted molar refractivity (Wildman–Crippen MR) is 113 cm³/mol. The van der Waals surface area contributed by atoms with Gasteiger partial charge >= 0.3 is 0 Å². The molecule has 0 spiro atoms. The number of hydrogen-bond donors (Lipinski definition) is 2. The highest BCUT2D eigenvalue weighted by molar-refractivity contribution is 5.91. The van der Waals surface area contributed by atoms with Gasteiger partial charge in [-0.25, -0.2) is 10.5 Å². The summed E-state index contributed by atoms with van der Waals surface area (Å²) in [6.45, 7) is 4.39. The van der Waals surface area contributed by atoms with Crippen LogP contribution in [0.4, 0.5) is 0 Å². The Morgan fingerprint density at radius 2 is 2.10 bits per heavy atom. The summed E-state index contributed by atoms with van der Waals surface area (Å²) in [6, 6.07) is 17.4. The Bertz CT molecular complexity index is 1010. The molecule has 4 rings (SSSR count). The highest BCUT2D eigenvalue weighted by Gasteiger charge is 2.26. The minimum Gasteiger partial charge on any atom is -0.326 e. The summed E-state index contributed by atoms with van der Waals surface area (Å²) >= 11 is 0. The van der Waals surface area contributed by atoms with Crippen LogP contribution < -0.4 is 5.48 Å². The number of aromatic nitrogens is 2. The fraction of sp³-hybridized carbons (Fsp3) is 0.304. The minimum absolute atomic E-state index is 0.390. The van der Waals surface area contributed by atoms with Gasteiger partial charge in [-0.2, -0.15) is 0 Å². The summed E-state index contributed by atoms with van der Waals surface area (Å²) in [4.78, 5) is 18.3. The van der Waals surface area contributed by atoms with Gasteiger partial charge in [-0.15, -0.1) is 0 Å². The number of fused-ring (bicyclic) bond motifs is 1. The van der Waals surface area contributed by atoms with Crippen molar-refractivity contribution in [1.29, 1.82) is 0 Å². The molecule has 2 N–H and O–H groups in total. The number of amides is 1. The minimum atomic E-state index is -0.551. The third-order valence-corrected chi connectivity index (χ3v) is 5.79. The number of hydrogen-bond acceptors (Lipinski definition) is 4. The first-order valence-corrected chi connectivity index (χ1v) is 10.0. The van der Waals surface area contributed by atoms with Crippen molar-refractivity contribution in [2.45, 2.75) is 31.8 Å². The van der Waals surface area contributed by atoms with Gasteiger partial charge in [0.15, 0.2) is 0 Å². The molecule has 2 atom stereocenters. The fourth-order valence-electron chi connectivity index (χ4n) is 4.16. The van der Waals surface area contributed by atoms with Gasteiger partial charge < -0.3 is 4.57 Å². The molecular formula is C23H26N4O2. The number of benzene rings is 2. The highest BCUT2D eigenvalue weighted by Crippen LogP contribution is 2.31. The van der Waals surface area contributed by atoms with E-state index in [1.807, 2.05) is 18.5 Å². The Morgan fingerprint density at radius 3 is 2.90 bits per heavy atom. The van der Waals surface area contributed by atoms with E-state index in [2.05, 4.69) is 57.8 Å². The second-order valence-corrected chi connectivity index (χ2v) is 7.59. The lowest BCUT2D eigenvalue weighted by Gasteiger charge is -2.37. The number of rotatable bonds is 5. The van der Waals surface area contributed by atoms with Crippen LogP contribution >= 0.6 is 0 Å². The lowest BCUT2D eigenvalue weighted by atomic mass is 10.00. The first-order chi connectivity index (χ1) is 14.2. The van der Waals surface area contributed by atoms with Crippen molar-refractivity contribution in [2.75, 3.05) is 13.1 Å². The molecule has 6 heteroatoms. The molecule has 0 bridgehead atoms. The first kappa shape index (κ1) is 19.4. The van der Waals surface area contributed by atoms with Gasteiger partial charge in [-0.3, -0.25) is 14.9 Å². The molecule has 1 aromatic heterocycles. The van der Waals surface area contributed by atoms with Crippen LogP contribution in [0.3, 0.4) is 0 Å². The molecule has 1 fully saturated rings. The molecule has 29 heavy (non-hydrogen) atoms. The van der Waals surface area contributed by atoms with E-state index in [-0.39, 0.29) is 0 Å². The van der Waals surface area contributed by atoms with Crippen molar-refractivity contribution in [2.24, 2.45) is 0 Å². The Labute approximate surface area is 170 Å². The molecule has 150 valence electrons. The Balaban J connectivity index is 1.53. The maximum Gasteiger partial charge on any atom is 0.267 e. The molecular weight excluding hydrogens is 364 g/mol. The van der Waals surface area contributed by atoms with Crippen molar-refractivity contribution in [1.82, 2.24) is 19.9 Å². The molecule has 3 aromatic rings. The highest BCUT2D eigenvalue weighted by atomic mass is 16.5. The van der Waals surface area contributed by atoms with Crippen molar-refractivity contribution in [3.05, 3.63) is 72.1 Å². The van der Waals surface area contributed by atoms with Gasteiger partial charge in [0.2, 0.25) is 0 Å². The number of nitrogens with one attached hydrogen (secondary N) is 1. The molecule has 0 radical (unpaired) electrons. The molecule has 6 nitrogen and oxygen atoms in total. The second kappa shape index (κ2) is 8.59. The second-order valence-electron chi connectivity index (χ2n) is 7.59. The van der Waals surface area contributed by atoms with Gasteiger partial charge in [0.1, 0.15) is 0 Å². The van der Waals surface area contributed by atoms with Crippen molar-refractivity contribution in [3.63, 3.8) is 0 Å². The van der Waals surface area contributed by atoms with Gasteiger partial charge in [-0.05, 0) is 55.6 Å². The monoisotopic (exact) mass is 390 g/mol. The van der Waals surface area contributed by atoms with Gasteiger partial charge in [0, 0.05) is 24.7 Å². The van der Waals surface area contributed by atoms with E-state index in [0.717, 1.165) is 36.1 Å². The van der Waals surface area contributed by atoms with Crippen LogP contribution in [-0.2, 0) is 4.79 Å². The molecule has 2 aromatic carbocycles. The summed E-state index contributed by atoms with van der Waals surface area (Å²) in [7, 11) is 0. The Morgan fingerprint density at radius 1 is 1.28 bits per heavy atom. The molecule has 1 aliphatic rings. The van der Waals surface area contributed by atoms with Crippen LogP contribution in [0.15, 0.2) is 60.9 Å². The average Bonchev–Trinajstić information content (AvgIpc) is 3.21. The largest absolute Gasteiger partial charge is 0.326 e. The van der Waals surface area contributed by atoms with E-state index in [1.165, 1.54) is 18.1 Å². The van der Waals surface area contributed by atoms with E-state index in [1.54, 1.807) is 11.6 Å². The number of hydroxylamine groups is 1. The molecule has 1 saturated heterocycles. The number of likely N-dealkylation sites (tertiary alicyclic amines) is 1. The maximum absolute atomic E-state index is 11.2. The predicted octanol–water partition coefficient (Wildman–Crippen LogP) is 3.95. The van der Waals surface area contributed by atoms with Crippen LogP contribution in [0.5, 0.6) is 0 Å². The van der Waals surface area contributed by atoms with Crippen LogP contribution in [0.1, 0.15) is 43.0 Å². The molecule has 1 amide bonds. The third kappa shape index (κ3) is 4.23. The lowest BCUT2D eigenvalue weighted by molar-refractivity contribution is -0.124. The van der Waals surface area contributed by atoms with E-state index in [0.29, 0.717) is 12.1 Å². The summed E-state index contributed by atoms with van der Waals surface area (Å²) < 4.78 is 2.28. The fourth-order valence-corrected chi connectivity index (χ4v) is 4.16. The van der Waals surface area contributed by atoms with Gasteiger partial charge in [0.05, 0.1) is 17.4 Å². The summed E-state index contributed by atoms with van der Waals surface area (Å²) in [6.07, 6.45) is 7.19. The topological polar surface area (TPSA) is 70.4 Å². The average molecular weight is 390 g/mol. The molecule has 1 aliphatic heterocycles. The van der Waals surface area contributed by atoms with E-state index >= 15 is 0 Å². The van der Waals surface area contributed by atoms with E-state index in [4.69, 9.17) is 5.21 Å². The standard InChI is InChI=1S/C23H26N4O2/c1-17(19-6-3-2-4-7-19)26-13-5-8-20(15-26)27-16-24-21-14-18(9-11-22(21)27)10-12-23(28)25-29/h2-4,6-7,9-12,14,16-17,20,29H,5,8,13,15H2,1H3,(H,25,28). The zero-order valence-electron chi connectivity index (χ0n) is 16.5. The number of imidazole rings is 1. The smallest absolute Gasteiger partial charge is 0.267 e. The van der Waals surface area contributed by atoms with Gasteiger partial charge in [-0.1, -0.05) is 36.4 Å². The van der Waals surface area contributed by atoms with Crippen molar-refractivity contribution < 1.29 is 10.0 Å². The Hall–Kier alpha value is -2.96. The maximum atomic E-state index is 11.2. The summed E-state index contributed by atoms with van der Waals surface area (Å²) in [5.41, 5.74) is 5.83. The normalized spacial score (nSPS) is 18.9. The van der Waals surface area contributed by atoms with Crippen LogP contribution in [-0.4, -0.2) is 38.7 Å². The number of nitrogens with zero attached hydrogens (tertiary/aromatic N) is 3. The number of piperidine rings is 1. The molecule has 2 heterocycles. The van der Waals surface area contributed by atoms with E-state index in [9.17, 15) is 4.79 Å². The zero-order valence-corrected chi connectivity index (χ0v) is 16.5. The number of carbonyl (C=O) groups excluding carboxylic acids is 1. The van der Waals surface area contributed by atoms with Crippen LogP contribution in [0.25, 0.3) is 17.1 Å². The third-order valence-electron chi connectivity index (χ3n) is 5.79. The summed E-state index contributed by atoms with van der Waals surface area (Å²) in [5.74, 6) is -0.551. The van der Waals surface area contributed by atoms with Gasteiger partial charge in [0.25, 0.3) is 5.91 Å². The lowest BCUT2D eigenvalue weighted by Crippen LogP contribution is -2.38. The molecule has 2 unspecified atom stereocenters. The number of carbonyl (C=O) groups is 1. The molecule has 0 aliphatic carbocycles. The summed E-state index contributed by atoms with van der Waals surface area (Å²) in [5, 5.41) is 8.59. The first-order valence-electron chi connectivity index (χ1n) is 10.0. The quantitative estimate of drug-likeness (QED) is 0.393. The van der Waals surface area contributed by atoms with Crippen molar-refractivity contribution >= 4 is 23.0 Å². The van der Waals surface area contributed by atoms with Crippen molar-refractivity contribution in [3.8, 4) is 0 Å². The van der Waals surface area contributed by atoms with Crippen LogP contribution in [0.2, 0.25) is 0 Å². The van der Waals surface area contributed by atoms with Crippen LogP contribution in [0, 0.1) is 0 Å². The van der Waals surface area contributed by atoms with E-state index < -0.39 is 5.91 Å². The zero-order chi connectivity index (χ0) is 20.2. The SMILES string of the molecule is CC(c1ccccc1)N1CCCC(n2cnc3cc(C=CC(=O)NO)ccc32)C1. The Kier molecular flexibility index (Phi) is 5.74. The molecule has 0 saturated carbocycles.